The fourth-order valence-corrected chi connectivity index (χ4v) is 5.28. The molecule has 2 aliphatic rings. The lowest BCUT2D eigenvalue weighted by atomic mass is 9.83. The van der Waals surface area contributed by atoms with E-state index in [1.54, 1.807) is 0 Å². The van der Waals surface area contributed by atoms with Crippen molar-refractivity contribution in [3.05, 3.63) is 28.7 Å². The first-order chi connectivity index (χ1) is 12.9. The van der Waals surface area contributed by atoms with E-state index < -0.39 is 27.0 Å². The fraction of sp³-hybridized carbons (Fsp3) is 0.611. The van der Waals surface area contributed by atoms with Gasteiger partial charge in [-0.25, -0.2) is 8.42 Å². The van der Waals surface area contributed by atoms with Gasteiger partial charge in [-0.3, -0.25) is 9.59 Å². The van der Waals surface area contributed by atoms with E-state index in [2.05, 4.69) is 11.4 Å². The number of carbonyl (C=O) groups excluding carboxylic acids is 1. The number of nitrogens with one attached hydrogen (secondary N) is 1. The second-order valence-corrected chi connectivity index (χ2v) is 9.18. The van der Waals surface area contributed by atoms with Crippen molar-refractivity contribution in [3.63, 3.8) is 0 Å². The van der Waals surface area contributed by atoms with Crippen LogP contribution in [0.4, 0.5) is 0 Å². The van der Waals surface area contributed by atoms with E-state index in [4.69, 9.17) is 0 Å². The number of amides is 1. The minimum atomic E-state index is -3.67. The molecule has 1 aliphatic heterocycles. The smallest absolute Gasteiger partial charge is 0.251 e. The minimum absolute atomic E-state index is 0.00413. The molecule has 2 heterocycles. The Kier molecular flexibility index (Phi) is 5.67. The molecule has 2 fully saturated rings. The van der Waals surface area contributed by atoms with Crippen LogP contribution in [0.5, 0.6) is 0 Å². The van der Waals surface area contributed by atoms with Crippen LogP contribution < -0.4 is 10.9 Å². The highest BCUT2D eigenvalue weighted by Gasteiger charge is 2.33. The summed E-state index contributed by atoms with van der Waals surface area (Å²) < 4.78 is 27.8. The Morgan fingerprint density at radius 1 is 1.15 bits per heavy atom. The zero-order valence-corrected chi connectivity index (χ0v) is 16.0. The van der Waals surface area contributed by atoms with Gasteiger partial charge in [0.15, 0.2) is 0 Å². The van der Waals surface area contributed by atoms with Crippen molar-refractivity contribution in [3.8, 4) is 6.07 Å². The minimum Gasteiger partial charge on any atom is -0.336 e. The molecule has 0 bridgehead atoms. The average Bonchev–Trinajstić information content (AvgIpc) is 3.19. The summed E-state index contributed by atoms with van der Waals surface area (Å²) in [6.45, 7) is 0.616. The SMILES string of the molecule is N#CC1(NC(=O)Cn2cc(S(=O)(=O)N3CCCC3)ccc2=O)CCCCC1. The number of nitriles is 1. The van der Waals surface area contributed by atoms with Gasteiger partial charge in [0.1, 0.15) is 12.1 Å². The Hall–Kier alpha value is -2.18. The number of pyridine rings is 1. The van der Waals surface area contributed by atoms with E-state index in [-0.39, 0.29) is 11.4 Å². The van der Waals surface area contributed by atoms with Gasteiger partial charge in [0.25, 0.3) is 5.56 Å². The maximum Gasteiger partial charge on any atom is 0.251 e. The topological polar surface area (TPSA) is 112 Å². The third-order valence-corrected chi connectivity index (χ3v) is 7.16. The standard InChI is InChI=1S/C18H24N4O4S/c19-14-18(8-2-1-3-9-18)20-16(23)13-21-12-15(6-7-17(21)24)27(25,26)22-10-4-5-11-22/h6-7,12H,1-5,8-11,13H2,(H,20,23). The lowest BCUT2D eigenvalue weighted by Gasteiger charge is -2.31. The summed E-state index contributed by atoms with van der Waals surface area (Å²) in [4.78, 5) is 24.5. The second kappa shape index (κ2) is 7.82. The number of hydrogen-bond donors (Lipinski definition) is 1. The maximum absolute atomic E-state index is 12.7. The zero-order valence-electron chi connectivity index (χ0n) is 15.2. The lowest BCUT2D eigenvalue weighted by Crippen LogP contribution is -2.50. The van der Waals surface area contributed by atoms with E-state index in [0.717, 1.165) is 42.7 Å². The summed E-state index contributed by atoms with van der Waals surface area (Å²) in [5.41, 5.74) is -1.35. The van der Waals surface area contributed by atoms with Gasteiger partial charge in [0.05, 0.1) is 11.0 Å². The molecule has 0 unspecified atom stereocenters. The molecular weight excluding hydrogens is 368 g/mol. The van der Waals surface area contributed by atoms with Crippen LogP contribution >= 0.6 is 0 Å². The highest BCUT2D eigenvalue weighted by molar-refractivity contribution is 7.89. The molecule has 146 valence electrons. The number of hydrogen-bond acceptors (Lipinski definition) is 5. The van der Waals surface area contributed by atoms with Crippen molar-refractivity contribution in [1.29, 1.82) is 5.26 Å². The normalized spacial score (nSPS) is 20.1. The van der Waals surface area contributed by atoms with Crippen LogP contribution in [0, 0.1) is 11.3 Å². The Bertz CT molecular complexity index is 904. The Morgan fingerprint density at radius 2 is 1.81 bits per heavy atom. The number of aromatic nitrogens is 1. The van der Waals surface area contributed by atoms with Crippen molar-refractivity contribution in [2.24, 2.45) is 0 Å². The Balaban J connectivity index is 1.78. The van der Waals surface area contributed by atoms with Crippen molar-refractivity contribution in [2.45, 2.75) is 61.9 Å². The van der Waals surface area contributed by atoms with Crippen LogP contribution in [0.25, 0.3) is 0 Å². The van der Waals surface area contributed by atoms with Crippen LogP contribution in [0.2, 0.25) is 0 Å². The predicted octanol–water partition coefficient (Wildman–Crippen LogP) is 0.975. The summed E-state index contributed by atoms with van der Waals surface area (Å²) in [6, 6.07) is 4.64. The van der Waals surface area contributed by atoms with Crippen LogP contribution in [-0.2, 0) is 21.4 Å². The second-order valence-electron chi connectivity index (χ2n) is 7.24. The van der Waals surface area contributed by atoms with Gasteiger partial charge in [-0.2, -0.15) is 9.57 Å². The van der Waals surface area contributed by atoms with Crippen LogP contribution in [0.15, 0.2) is 28.0 Å². The average molecular weight is 392 g/mol. The summed E-state index contributed by atoms with van der Waals surface area (Å²) in [5, 5.41) is 12.2. The molecule has 1 saturated carbocycles. The largest absolute Gasteiger partial charge is 0.336 e. The third kappa shape index (κ3) is 4.22. The van der Waals surface area contributed by atoms with E-state index >= 15 is 0 Å². The molecule has 0 radical (unpaired) electrons. The highest BCUT2D eigenvalue weighted by atomic mass is 32.2. The van der Waals surface area contributed by atoms with E-state index in [1.165, 1.54) is 16.6 Å². The van der Waals surface area contributed by atoms with Gasteiger partial charge >= 0.3 is 0 Å². The van der Waals surface area contributed by atoms with Gasteiger partial charge in [-0.05, 0) is 31.7 Å². The van der Waals surface area contributed by atoms with Crippen LogP contribution in [0.3, 0.4) is 0 Å². The number of carbonyl (C=O) groups is 1. The molecule has 27 heavy (non-hydrogen) atoms. The molecule has 1 saturated heterocycles. The Morgan fingerprint density at radius 3 is 2.44 bits per heavy atom. The van der Waals surface area contributed by atoms with Crippen molar-refractivity contribution in [2.75, 3.05) is 13.1 Å². The summed E-state index contributed by atoms with van der Waals surface area (Å²) in [7, 11) is -3.67. The van der Waals surface area contributed by atoms with Crippen molar-refractivity contribution >= 4 is 15.9 Å². The van der Waals surface area contributed by atoms with Crippen LogP contribution in [0.1, 0.15) is 44.9 Å². The number of nitrogens with zero attached hydrogens (tertiary/aromatic N) is 3. The molecule has 0 atom stereocenters. The molecule has 9 heteroatoms. The fourth-order valence-electron chi connectivity index (χ4n) is 3.74. The Labute approximate surface area is 158 Å². The monoisotopic (exact) mass is 392 g/mol. The first kappa shape index (κ1) is 19.6. The molecule has 1 amide bonds. The summed E-state index contributed by atoms with van der Waals surface area (Å²) in [6.07, 6.45) is 6.81. The van der Waals surface area contributed by atoms with Gasteiger partial charge < -0.3 is 9.88 Å². The molecule has 0 spiro atoms. The van der Waals surface area contributed by atoms with E-state index in [1.807, 2.05) is 0 Å². The highest BCUT2D eigenvalue weighted by Crippen LogP contribution is 2.27. The first-order valence-corrected chi connectivity index (χ1v) is 10.7. The van der Waals surface area contributed by atoms with E-state index in [9.17, 15) is 23.3 Å². The molecule has 1 aliphatic carbocycles. The van der Waals surface area contributed by atoms with Gasteiger partial charge in [-0.15, -0.1) is 0 Å². The molecule has 1 aromatic rings. The molecular formula is C18H24N4O4S. The van der Waals surface area contributed by atoms with Gasteiger partial charge in [0.2, 0.25) is 15.9 Å². The molecule has 8 nitrogen and oxygen atoms in total. The molecule has 0 aromatic carbocycles. The van der Waals surface area contributed by atoms with Crippen LogP contribution in [-0.4, -0.2) is 41.8 Å². The third-order valence-electron chi connectivity index (χ3n) is 5.27. The molecule has 1 N–H and O–H groups in total. The maximum atomic E-state index is 12.7. The van der Waals surface area contributed by atoms with Crippen molar-refractivity contribution in [1.82, 2.24) is 14.2 Å². The van der Waals surface area contributed by atoms with Crippen molar-refractivity contribution < 1.29 is 13.2 Å². The van der Waals surface area contributed by atoms with Gasteiger partial charge in [-0.1, -0.05) is 19.3 Å². The number of sulfonamides is 1. The quantitative estimate of drug-likeness (QED) is 0.802. The van der Waals surface area contributed by atoms with E-state index in [0.29, 0.717) is 25.9 Å². The summed E-state index contributed by atoms with van der Waals surface area (Å²) in [5.74, 6) is -0.462. The first-order valence-electron chi connectivity index (χ1n) is 9.29. The van der Waals surface area contributed by atoms with Gasteiger partial charge in [0, 0.05) is 25.4 Å². The predicted molar refractivity (Wildman–Crippen MR) is 98.3 cm³/mol. The zero-order chi connectivity index (χ0) is 19.5. The molecule has 1 aromatic heterocycles. The molecule has 3 rings (SSSR count). The number of rotatable bonds is 5. The summed E-state index contributed by atoms with van der Waals surface area (Å²) >= 11 is 0. The lowest BCUT2D eigenvalue weighted by molar-refractivity contribution is -0.123.